The summed E-state index contributed by atoms with van der Waals surface area (Å²) in [6, 6.07) is 1.11. The van der Waals surface area contributed by atoms with Gasteiger partial charge in [0.2, 0.25) is 0 Å². The van der Waals surface area contributed by atoms with Crippen molar-refractivity contribution < 1.29 is 13.9 Å². The molecule has 1 fully saturated rings. The van der Waals surface area contributed by atoms with Crippen LogP contribution < -0.4 is 0 Å². The number of rotatable bonds is 2. The summed E-state index contributed by atoms with van der Waals surface area (Å²) in [5.41, 5.74) is 0.212. The molecule has 4 nitrogen and oxygen atoms in total. The molecular formula is C11H12ClFN2O2. The summed E-state index contributed by atoms with van der Waals surface area (Å²) in [6.07, 6.45) is 2.14. The molecule has 0 spiro atoms. The second-order valence-corrected chi connectivity index (χ2v) is 4.25. The third-order valence-electron chi connectivity index (χ3n) is 2.81. The lowest BCUT2D eigenvalue weighted by Crippen LogP contribution is -2.30. The maximum absolute atomic E-state index is 13.2. The van der Waals surface area contributed by atoms with Crippen molar-refractivity contribution >= 4 is 17.5 Å². The van der Waals surface area contributed by atoms with Crippen molar-refractivity contribution in [2.75, 3.05) is 20.2 Å². The van der Waals surface area contributed by atoms with Gasteiger partial charge in [-0.05, 0) is 12.5 Å². The van der Waals surface area contributed by atoms with Crippen LogP contribution in [-0.2, 0) is 4.74 Å². The van der Waals surface area contributed by atoms with Crippen molar-refractivity contribution in [3.63, 3.8) is 0 Å². The van der Waals surface area contributed by atoms with Crippen LogP contribution in [0.25, 0.3) is 0 Å². The third-order valence-corrected chi connectivity index (χ3v) is 3.09. The van der Waals surface area contributed by atoms with Crippen molar-refractivity contribution in [2.24, 2.45) is 0 Å². The molecule has 1 saturated heterocycles. The fourth-order valence-corrected chi connectivity index (χ4v) is 1.93. The fourth-order valence-electron chi connectivity index (χ4n) is 1.83. The number of hydrogen-bond acceptors (Lipinski definition) is 3. The van der Waals surface area contributed by atoms with Gasteiger partial charge in [-0.2, -0.15) is 0 Å². The lowest BCUT2D eigenvalue weighted by atomic mass is 10.2. The second kappa shape index (κ2) is 4.98. The smallest absolute Gasteiger partial charge is 0.255 e. The Bertz CT molecular complexity index is 441. The van der Waals surface area contributed by atoms with E-state index in [2.05, 4.69) is 4.98 Å². The molecule has 0 N–H and O–H groups in total. The number of nitrogens with zero attached hydrogens (tertiary/aromatic N) is 2. The summed E-state index contributed by atoms with van der Waals surface area (Å²) < 4.78 is 18.3. The van der Waals surface area contributed by atoms with E-state index in [-0.39, 0.29) is 22.7 Å². The van der Waals surface area contributed by atoms with Gasteiger partial charge in [0.25, 0.3) is 5.91 Å². The van der Waals surface area contributed by atoms with Gasteiger partial charge in [0.1, 0.15) is 0 Å². The fraction of sp³-hybridized carbons (Fsp3) is 0.455. The van der Waals surface area contributed by atoms with E-state index >= 15 is 0 Å². The van der Waals surface area contributed by atoms with Crippen molar-refractivity contribution in [1.29, 1.82) is 0 Å². The minimum Gasteiger partial charge on any atom is -0.380 e. The van der Waals surface area contributed by atoms with Crippen molar-refractivity contribution in [1.82, 2.24) is 9.88 Å². The Balaban J connectivity index is 2.12. The molecule has 1 aliphatic heterocycles. The first-order chi connectivity index (χ1) is 8.11. The molecule has 1 atom stereocenters. The Kier molecular flexibility index (Phi) is 3.59. The van der Waals surface area contributed by atoms with Gasteiger partial charge in [0.15, 0.2) is 11.0 Å². The SMILES string of the molecule is CO[C@H]1CCN(C(=O)c2cnc(Cl)c(F)c2)C1. The predicted octanol–water partition coefficient (Wildman–Crippen LogP) is 1.74. The first-order valence-electron chi connectivity index (χ1n) is 5.25. The van der Waals surface area contributed by atoms with Gasteiger partial charge >= 0.3 is 0 Å². The average molecular weight is 259 g/mol. The average Bonchev–Trinajstić information content (AvgIpc) is 2.80. The Morgan fingerprint density at radius 1 is 1.71 bits per heavy atom. The molecule has 0 unspecified atom stereocenters. The first-order valence-corrected chi connectivity index (χ1v) is 5.62. The van der Waals surface area contributed by atoms with E-state index in [1.165, 1.54) is 6.20 Å². The van der Waals surface area contributed by atoms with Crippen LogP contribution >= 0.6 is 11.6 Å². The summed E-state index contributed by atoms with van der Waals surface area (Å²) in [4.78, 5) is 17.2. The largest absolute Gasteiger partial charge is 0.380 e. The number of methoxy groups -OCH3 is 1. The van der Waals surface area contributed by atoms with Gasteiger partial charge in [-0.25, -0.2) is 9.37 Å². The van der Waals surface area contributed by atoms with Crippen LogP contribution in [0, 0.1) is 5.82 Å². The number of carbonyl (C=O) groups is 1. The highest BCUT2D eigenvalue weighted by molar-refractivity contribution is 6.29. The summed E-state index contributed by atoms with van der Waals surface area (Å²) in [5.74, 6) is -0.923. The molecule has 1 aliphatic rings. The molecule has 1 amide bonds. The number of aromatic nitrogens is 1. The van der Waals surface area contributed by atoms with Gasteiger partial charge in [-0.15, -0.1) is 0 Å². The maximum atomic E-state index is 13.2. The molecule has 0 bridgehead atoms. The third kappa shape index (κ3) is 2.56. The molecule has 2 rings (SSSR count). The van der Waals surface area contributed by atoms with Crippen molar-refractivity contribution in [2.45, 2.75) is 12.5 Å². The van der Waals surface area contributed by atoms with E-state index in [0.717, 1.165) is 12.5 Å². The van der Waals surface area contributed by atoms with Crippen LogP contribution in [0.5, 0.6) is 0 Å². The molecule has 17 heavy (non-hydrogen) atoms. The molecule has 6 heteroatoms. The monoisotopic (exact) mass is 258 g/mol. The summed E-state index contributed by atoms with van der Waals surface area (Å²) >= 11 is 5.46. The highest BCUT2D eigenvalue weighted by Gasteiger charge is 2.27. The molecule has 92 valence electrons. The van der Waals surface area contributed by atoms with E-state index in [4.69, 9.17) is 16.3 Å². The number of likely N-dealkylation sites (tertiary alicyclic amines) is 1. The Morgan fingerprint density at radius 2 is 2.47 bits per heavy atom. The van der Waals surface area contributed by atoms with Crippen LogP contribution in [0.2, 0.25) is 5.15 Å². The number of amides is 1. The van der Waals surface area contributed by atoms with Crippen LogP contribution in [0.15, 0.2) is 12.3 Å². The molecule has 0 aromatic carbocycles. The normalized spacial score (nSPS) is 19.7. The summed E-state index contributed by atoms with van der Waals surface area (Å²) in [7, 11) is 1.61. The van der Waals surface area contributed by atoms with E-state index in [0.29, 0.717) is 13.1 Å². The number of hydrogen-bond donors (Lipinski definition) is 0. The molecule has 0 aliphatic carbocycles. The minimum atomic E-state index is -0.681. The van der Waals surface area contributed by atoms with E-state index < -0.39 is 5.82 Å². The van der Waals surface area contributed by atoms with Crippen molar-refractivity contribution in [3.05, 3.63) is 28.8 Å². The van der Waals surface area contributed by atoms with Gasteiger partial charge in [0.05, 0.1) is 11.7 Å². The van der Waals surface area contributed by atoms with E-state index in [9.17, 15) is 9.18 Å². The molecule has 1 aromatic heterocycles. The van der Waals surface area contributed by atoms with E-state index in [1.54, 1.807) is 12.0 Å². The predicted molar refractivity (Wildman–Crippen MR) is 60.5 cm³/mol. The number of halogens is 2. The molecule has 2 heterocycles. The molecule has 1 aromatic rings. The number of pyridine rings is 1. The first kappa shape index (κ1) is 12.3. The zero-order chi connectivity index (χ0) is 12.4. The van der Waals surface area contributed by atoms with Crippen LogP contribution in [0.1, 0.15) is 16.8 Å². The van der Waals surface area contributed by atoms with Gasteiger partial charge < -0.3 is 9.64 Å². The maximum Gasteiger partial charge on any atom is 0.255 e. The van der Waals surface area contributed by atoms with Gasteiger partial charge in [0, 0.05) is 26.4 Å². The lowest BCUT2D eigenvalue weighted by Gasteiger charge is -2.15. The topological polar surface area (TPSA) is 42.4 Å². The van der Waals surface area contributed by atoms with E-state index in [1.807, 2.05) is 0 Å². The standard InChI is InChI=1S/C11H12ClFN2O2/c1-17-8-2-3-15(6-8)11(16)7-4-9(13)10(12)14-5-7/h4-5,8H,2-3,6H2,1H3/t8-/m0/s1. The Morgan fingerprint density at radius 3 is 3.06 bits per heavy atom. The van der Waals surface area contributed by atoms with Crippen LogP contribution in [0.3, 0.4) is 0 Å². The molecule has 0 saturated carbocycles. The summed E-state index contributed by atoms with van der Waals surface area (Å²) in [5, 5.41) is -0.224. The number of ether oxygens (including phenoxy) is 1. The minimum absolute atomic E-state index is 0.0593. The van der Waals surface area contributed by atoms with Gasteiger partial charge in [-0.1, -0.05) is 11.6 Å². The number of carbonyl (C=O) groups excluding carboxylic acids is 1. The highest BCUT2D eigenvalue weighted by Crippen LogP contribution is 2.17. The second-order valence-electron chi connectivity index (χ2n) is 3.89. The van der Waals surface area contributed by atoms with Crippen LogP contribution in [0.4, 0.5) is 4.39 Å². The highest BCUT2D eigenvalue weighted by atomic mass is 35.5. The van der Waals surface area contributed by atoms with Crippen molar-refractivity contribution in [3.8, 4) is 0 Å². The quantitative estimate of drug-likeness (QED) is 0.759. The lowest BCUT2D eigenvalue weighted by molar-refractivity contribution is 0.0723. The van der Waals surface area contributed by atoms with Gasteiger partial charge in [-0.3, -0.25) is 4.79 Å². The Labute approximate surface area is 103 Å². The zero-order valence-corrected chi connectivity index (χ0v) is 10.1. The zero-order valence-electron chi connectivity index (χ0n) is 9.32. The molecule has 0 radical (unpaired) electrons. The Hall–Kier alpha value is -1.20. The molecular weight excluding hydrogens is 247 g/mol. The van der Waals surface area contributed by atoms with Crippen LogP contribution in [-0.4, -0.2) is 42.1 Å². The summed E-state index contributed by atoms with van der Waals surface area (Å²) in [6.45, 7) is 1.14.